The Kier molecular flexibility index (Phi) is 7.61. The molecule has 2 heterocycles. The van der Waals surface area contributed by atoms with Gasteiger partial charge < -0.3 is 30.3 Å². The summed E-state index contributed by atoms with van der Waals surface area (Å²) < 4.78 is 17.0. The van der Waals surface area contributed by atoms with Crippen molar-refractivity contribution in [2.75, 3.05) is 32.7 Å². The number of carbonyl (C=O) groups excluding carboxylic acids is 1. The largest absolute Gasteiger partial charge is 0.496 e. The molecular formula is C22H25N5O4S. The number of nitrogens with one attached hydrogen (secondary N) is 3. The first-order valence-electron chi connectivity index (χ1n) is 9.88. The smallest absolute Gasteiger partial charge is 0.344 e. The van der Waals surface area contributed by atoms with E-state index >= 15 is 0 Å². The van der Waals surface area contributed by atoms with Crippen molar-refractivity contribution >= 4 is 39.7 Å². The molecule has 0 bridgehead atoms. The Morgan fingerprint density at radius 1 is 1.34 bits per heavy atom. The van der Waals surface area contributed by atoms with Crippen molar-refractivity contribution in [2.24, 2.45) is 0 Å². The van der Waals surface area contributed by atoms with E-state index in [0.29, 0.717) is 29.8 Å². The molecule has 3 aromatic rings. The monoisotopic (exact) mass is 455 g/mol. The standard InChI is InChI=1S/C22H25N5O4S/c1-5-30-19(28)12-31-15-6-7-16(17(8-15)29-4)20-13(2)32-18-11-25-22(27-21(18)20)26-14(9-23)10-24-3/h6-11,23-24H,5,12H2,1-4H3,(H,25,26,27)/b14-10+,23-9?. The van der Waals surface area contributed by atoms with Crippen LogP contribution in [-0.2, 0) is 9.53 Å². The van der Waals surface area contributed by atoms with E-state index in [1.54, 1.807) is 56.9 Å². The highest BCUT2D eigenvalue weighted by molar-refractivity contribution is 7.19. The summed E-state index contributed by atoms with van der Waals surface area (Å²) in [4.78, 5) is 21.7. The Labute approximate surface area is 189 Å². The van der Waals surface area contributed by atoms with E-state index in [9.17, 15) is 4.79 Å². The van der Waals surface area contributed by atoms with Crippen molar-refractivity contribution in [3.8, 4) is 22.6 Å². The molecule has 3 rings (SSSR count). The van der Waals surface area contributed by atoms with Crippen molar-refractivity contribution in [1.29, 1.82) is 5.41 Å². The van der Waals surface area contributed by atoms with E-state index in [4.69, 9.17) is 19.6 Å². The van der Waals surface area contributed by atoms with Gasteiger partial charge in [0.25, 0.3) is 0 Å². The molecule has 0 fully saturated rings. The number of hydrogen-bond donors (Lipinski definition) is 3. The number of carbonyl (C=O) groups is 1. The Balaban J connectivity index is 1.98. The highest BCUT2D eigenvalue weighted by Crippen LogP contribution is 2.42. The number of rotatable bonds is 10. The predicted molar refractivity (Wildman–Crippen MR) is 126 cm³/mol. The minimum atomic E-state index is -0.427. The second-order valence-corrected chi connectivity index (χ2v) is 7.81. The SMILES string of the molecule is CCOC(=O)COc1ccc(-c2c(C)sc3cnc(N/C(C=N)=C/NC)nc23)c(OC)c1. The molecular weight excluding hydrogens is 430 g/mol. The molecule has 0 amide bonds. The number of thiophene rings is 1. The van der Waals surface area contributed by atoms with Crippen LogP contribution in [0, 0.1) is 12.3 Å². The third-order valence-electron chi connectivity index (χ3n) is 4.42. The molecule has 0 atom stereocenters. The number of ether oxygens (including phenoxy) is 3. The lowest BCUT2D eigenvalue weighted by atomic mass is 10.0. The van der Waals surface area contributed by atoms with Crippen LogP contribution in [0.2, 0.25) is 0 Å². The van der Waals surface area contributed by atoms with Crippen LogP contribution in [0.3, 0.4) is 0 Å². The Hall–Kier alpha value is -3.66. The molecule has 10 heteroatoms. The normalized spacial score (nSPS) is 11.2. The van der Waals surface area contributed by atoms with Crippen LogP contribution in [0.1, 0.15) is 11.8 Å². The molecule has 0 aliphatic carbocycles. The van der Waals surface area contributed by atoms with Crippen LogP contribution in [0.5, 0.6) is 11.5 Å². The zero-order chi connectivity index (χ0) is 23.1. The summed E-state index contributed by atoms with van der Waals surface area (Å²) in [5.74, 6) is 1.05. The zero-order valence-electron chi connectivity index (χ0n) is 18.3. The van der Waals surface area contributed by atoms with Crippen LogP contribution in [0.25, 0.3) is 21.3 Å². The van der Waals surface area contributed by atoms with Gasteiger partial charge in [-0.15, -0.1) is 11.3 Å². The molecule has 0 radical (unpaired) electrons. The van der Waals surface area contributed by atoms with Gasteiger partial charge in [-0.1, -0.05) is 0 Å². The van der Waals surface area contributed by atoms with Gasteiger partial charge in [-0.05, 0) is 26.0 Å². The number of aryl methyl sites for hydroxylation is 1. The van der Waals surface area contributed by atoms with Crippen LogP contribution in [-0.4, -0.2) is 49.5 Å². The van der Waals surface area contributed by atoms with Gasteiger partial charge >= 0.3 is 5.97 Å². The van der Waals surface area contributed by atoms with Crippen LogP contribution < -0.4 is 20.1 Å². The molecule has 0 saturated carbocycles. The summed E-state index contributed by atoms with van der Waals surface area (Å²) >= 11 is 1.59. The van der Waals surface area contributed by atoms with E-state index < -0.39 is 5.97 Å². The van der Waals surface area contributed by atoms with Crippen LogP contribution >= 0.6 is 11.3 Å². The number of methoxy groups -OCH3 is 1. The van der Waals surface area contributed by atoms with E-state index in [1.807, 2.05) is 13.0 Å². The summed E-state index contributed by atoms with van der Waals surface area (Å²) in [6.07, 6.45) is 4.59. The fourth-order valence-corrected chi connectivity index (χ4v) is 4.08. The highest BCUT2D eigenvalue weighted by Gasteiger charge is 2.18. The predicted octanol–water partition coefficient (Wildman–Crippen LogP) is 3.74. The number of allylic oxidation sites excluding steroid dienone is 1. The highest BCUT2D eigenvalue weighted by atomic mass is 32.1. The number of esters is 1. The van der Waals surface area contributed by atoms with Crippen molar-refractivity contribution in [2.45, 2.75) is 13.8 Å². The molecule has 168 valence electrons. The van der Waals surface area contributed by atoms with Gasteiger partial charge in [0.1, 0.15) is 11.5 Å². The Bertz CT molecular complexity index is 1160. The lowest BCUT2D eigenvalue weighted by molar-refractivity contribution is -0.145. The zero-order valence-corrected chi connectivity index (χ0v) is 19.1. The van der Waals surface area contributed by atoms with Gasteiger partial charge in [0.05, 0.1) is 35.8 Å². The second kappa shape index (κ2) is 10.6. The first-order chi connectivity index (χ1) is 15.5. The van der Waals surface area contributed by atoms with Crippen molar-refractivity contribution in [1.82, 2.24) is 15.3 Å². The fourth-order valence-electron chi connectivity index (χ4n) is 3.10. The lowest BCUT2D eigenvalue weighted by Gasteiger charge is -2.12. The number of hydrogen-bond acceptors (Lipinski definition) is 10. The first kappa shape index (κ1) is 23.0. The maximum Gasteiger partial charge on any atom is 0.344 e. The average Bonchev–Trinajstić information content (AvgIpc) is 3.12. The van der Waals surface area contributed by atoms with Gasteiger partial charge in [0.15, 0.2) is 6.61 Å². The molecule has 0 saturated heterocycles. The molecule has 3 N–H and O–H groups in total. The fraction of sp³-hybridized carbons (Fsp3) is 0.273. The quantitative estimate of drug-likeness (QED) is 0.313. The summed E-state index contributed by atoms with van der Waals surface area (Å²) in [5.41, 5.74) is 3.08. The third kappa shape index (κ3) is 5.14. The summed E-state index contributed by atoms with van der Waals surface area (Å²) in [5, 5.41) is 13.4. The molecule has 0 aliphatic rings. The number of benzene rings is 1. The molecule has 0 spiro atoms. The second-order valence-electron chi connectivity index (χ2n) is 6.55. The van der Waals surface area contributed by atoms with Gasteiger partial charge in [0.2, 0.25) is 5.95 Å². The molecule has 0 unspecified atom stereocenters. The number of anilines is 1. The maximum absolute atomic E-state index is 11.6. The molecule has 1 aromatic carbocycles. The first-order valence-corrected chi connectivity index (χ1v) is 10.7. The summed E-state index contributed by atoms with van der Waals surface area (Å²) in [6, 6.07) is 5.40. The van der Waals surface area contributed by atoms with E-state index in [0.717, 1.165) is 26.2 Å². The van der Waals surface area contributed by atoms with Gasteiger partial charge in [-0.25, -0.2) is 14.8 Å². The molecule has 32 heavy (non-hydrogen) atoms. The van der Waals surface area contributed by atoms with E-state index in [-0.39, 0.29) is 6.61 Å². The minimum absolute atomic E-state index is 0.172. The van der Waals surface area contributed by atoms with Crippen molar-refractivity contribution < 1.29 is 19.0 Å². The summed E-state index contributed by atoms with van der Waals surface area (Å²) in [7, 11) is 3.33. The minimum Gasteiger partial charge on any atom is -0.496 e. The number of nitrogens with zero attached hydrogens (tertiary/aromatic N) is 2. The van der Waals surface area contributed by atoms with Gasteiger partial charge in [0, 0.05) is 41.5 Å². The van der Waals surface area contributed by atoms with E-state index in [2.05, 4.69) is 20.6 Å². The topological polar surface area (TPSA) is 118 Å². The molecule has 2 aromatic heterocycles. The Morgan fingerprint density at radius 3 is 2.84 bits per heavy atom. The van der Waals surface area contributed by atoms with Gasteiger partial charge in [-0.2, -0.15) is 0 Å². The number of aromatic nitrogens is 2. The van der Waals surface area contributed by atoms with Crippen LogP contribution in [0.4, 0.5) is 5.95 Å². The van der Waals surface area contributed by atoms with Gasteiger partial charge in [-0.3, -0.25) is 0 Å². The van der Waals surface area contributed by atoms with Crippen molar-refractivity contribution in [3.63, 3.8) is 0 Å². The maximum atomic E-state index is 11.6. The third-order valence-corrected chi connectivity index (χ3v) is 5.45. The Morgan fingerprint density at radius 2 is 2.16 bits per heavy atom. The molecule has 0 aliphatic heterocycles. The summed E-state index contributed by atoms with van der Waals surface area (Å²) in [6.45, 7) is 3.90. The van der Waals surface area contributed by atoms with Crippen molar-refractivity contribution in [3.05, 3.63) is 41.2 Å². The van der Waals surface area contributed by atoms with Crippen LogP contribution in [0.15, 0.2) is 36.3 Å². The lowest BCUT2D eigenvalue weighted by Crippen LogP contribution is -2.14. The molecule has 9 nitrogen and oxygen atoms in total. The number of fused-ring (bicyclic) bond motifs is 1. The average molecular weight is 456 g/mol. The van der Waals surface area contributed by atoms with E-state index in [1.165, 1.54) is 6.21 Å².